The van der Waals surface area contributed by atoms with E-state index in [1.807, 2.05) is 5.43 Å². The van der Waals surface area contributed by atoms with Crippen molar-refractivity contribution in [1.82, 2.24) is 15.6 Å². The average molecular weight is 239 g/mol. The molecule has 2 rings (SSSR count). The maximum atomic E-state index is 11.1. The predicted molar refractivity (Wildman–Crippen MR) is 56.4 cm³/mol. The van der Waals surface area contributed by atoms with E-state index in [4.69, 9.17) is 21.9 Å². The molecule has 7 heteroatoms. The van der Waals surface area contributed by atoms with Gasteiger partial charge < -0.3 is 4.42 Å². The van der Waals surface area contributed by atoms with Crippen LogP contribution < -0.4 is 11.3 Å². The first-order chi connectivity index (χ1) is 7.70. The van der Waals surface area contributed by atoms with Crippen molar-refractivity contribution in [2.45, 2.75) is 0 Å². The first-order valence-electron chi connectivity index (χ1n) is 4.31. The lowest BCUT2D eigenvalue weighted by molar-refractivity contribution is 0.0919. The van der Waals surface area contributed by atoms with Crippen molar-refractivity contribution in [3.63, 3.8) is 0 Å². The lowest BCUT2D eigenvalue weighted by Gasteiger charge is -1.94. The summed E-state index contributed by atoms with van der Waals surface area (Å²) >= 11 is 5.80. The van der Waals surface area contributed by atoms with Crippen LogP contribution in [0.5, 0.6) is 0 Å². The van der Waals surface area contributed by atoms with E-state index in [1.54, 1.807) is 24.3 Å². The van der Waals surface area contributed by atoms with Gasteiger partial charge in [-0.2, -0.15) is 0 Å². The molecule has 0 unspecified atom stereocenters. The first-order valence-corrected chi connectivity index (χ1v) is 4.69. The Morgan fingerprint density at radius 3 is 2.94 bits per heavy atom. The number of amides is 1. The predicted octanol–water partition coefficient (Wildman–Crippen LogP) is 0.993. The molecule has 2 aromatic rings. The molecule has 0 aliphatic rings. The van der Waals surface area contributed by atoms with Crippen LogP contribution in [0.2, 0.25) is 5.02 Å². The van der Waals surface area contributed by atoms with Crippen LogP contribution in [0.15, 0.2) is 28.7 Å². The fourth-order valence-corrected chi connectivity index (χ4v) is 1.31. The number of hydrazine groups is 1. The third-order valence-corrected chi connectivity index (χ3v) is 2.06. The topological polar surface area (TPSA) is 94.0 Å². The van der Waals surface area contributed by atoms with Crippen molar-refractivity contribution in [1.29, 1.82) is 0 Å². The molecule has 82 valence electrons. The highest BCUT2D eigenvalue weighted by molar-refractivity contribution is 6.30. The Labute approximate surface area is 95.4 Å². The normalized spacial score (nSPS) is 10.1. The zero-order chi connectivity index (χ0) is 11.5. The summed E-state index contributed by atoms with van der Waals surface area (Å²) in [6, 6.07) is 6.85. The van der Waals surface area contributed by atoms with Gasteiger partial charge in [0.25, 0.3) is 0 Å². The molecule has 1 amide bonds. The van der Waals surface area contributed by atoms with Gasteiger partial charge in [0.1, 0.15) is 0 Å². The third-order valence-electron chi connectivity index (χ3n) is 1.82. The van der Waals surface area contributed by atoms with Crippen LogP contribution in [-0.4, -0.2) is 16.1 Å². The molecule has 6 nitrogen and oxygen atoms in total. The molecule has 1 aromatic heterocycles. The van der Waals surface area contributed by atoms with Crippen LogP contribution in [0.25, 0.3) is 11.5 Å². The standard InChI is InChI=1S/C9H7ClN4O2/c10-6-3-1-2-5(4-6)8-13-14-9(16-8)7(15)12-11/h1-4H,11H2,(H,12,15). The molecule has 0 spiro atoms. The Balaban J connectivity index is 2.35. The minimum atomic E-state index is -0.638. The van der Waals surface area contributed by atoms with Crippen LogP contribution >= 0.6 is 11.6 Å². The third kappa shape index (κ3) is 2.02. The van der Waals surface area contributed by atoms with E-state index in [1.165, 1.54) is 0 Å². The van der Waals surface area contributed by atoms with Gasteiger partial charge in [-0.25, -0.2) is 5.84 Å². The lowest BCUT2D eigenvalue weighted by Crippen LogP contribution is -2.30. The van der Waals surface area contributed by atoms with E-state index >= 15 is 0 Å². The number of halogens is 1. The van der Waals surface area contributed by atoms with Gasteiger partial charge in [-0.1, -0.05) is 17.7 Å². The van der Waals surface area contributed by atoms with E-state index in [2.05, 4.69) is 10.2 Å². The van der Waals surface area contributed by atoms with E-state index in [0.29, 0.717) is 10.6 Å². The van der Waals surface area contributed by atoms with Crippen LogP contribution in [-0.2, 0) is 0 Å². The second-order valence-corrected chi connectivity index (χ2v) is 3.33. The van der Waals surface area contributed by atoms with Crippen LogP contribution in [0.1, 0.15) is 10.7 Å². The number of benzene rings is 1. The van der Waals surface area contributed by atoms with Crippen molar-refractivity contribution in [2.75, 3.05) is 0 Å². The number of carbonyl (C=O) groups is 1. The van der Waals surface area contributed by atoms with Gasteiger partial charge in [0.15, 0.2) is 0 Å². The molecule has 16 heavy (non-hydrogen) atoms. The summed E-state index contributed by atoms with van der Waals surface area (Å²) in [5.74, 6) is 4.30. The van der Waals surface area contributed by atoms with Crippen LogP contribution in [0, 0.1) is 0 Å². The molecular formula is C9H7ClN4O2. The lowest BCUT2D eigenvalue weighted by atomic mass is 10.2. The smallest absolute Gasteiger partial charge is 0.322 e. The van der Waals surface area contributed by atoms with Gasteiger partial charge in [0.2, 0.25) is 5.89 Å². The molecule has 3 N–H and O–H groups in total. The Morgan fingerprint density at radius 1 is 1.44 bits per heavy atom. The summed E-state index contributed by atoms with van der Waals surface area (Å²) in [4.78, 5) is 11.1. The maximum Gasteiger partial charge on any atom is 0.322 e. The second kappa shape index (κ2) is 4.30. The highest BCUT2D eigenvalue weighted by Crippen LogP contribution is 2.21. The van der Waals surface area contributed by atoms with Gasteiger partial charge in [0.05, 0.1) is 0 Å². The number of nitrogens with one attached hydrogen (secondary N) is 1. The van der Waals surface area contributed by atoms with E-state index in [9.17, 15) is 4.79 Å². The second-order valence-electron chi connectivity index (χ2n) is 2.90. The molecule has 0 saturated carbocycles. The van der Waals surface area contributed by atoms with Gasteiger partial charge in [-0.15, -0.1) is 10.2 Å². The average Bonchev–Trinajstić information content (AvgIpc) is 2.77. The number of hydrogen-bond donors (Lipinski definition) is 2. The molecule has 0 saturated heterocycles. The highest BCUT2D eigenvalue weighted by Gasteiger charge is 2.14. The fraction of sp³-hybridized carbons (Fsp3) is 0. The van der Waals surface area contributed by atoms with Crippen molar-refractivity contribution in [3.8, 4) is 11.5 Å². The minimum absolute atomic E-state index is 0.197. The summed E-state index contributed by atoms with van der Waals surface area (Å²) in [5.41, 5.74) is 2.53. The molecular weight excluding hydrogens is 232 g/mol. The maximum absolute atomic E-state index is 11.1. The Morgan fingerprint density at radius 2 is 2.25 bits per heavy atom. The summed E-state index contributed by atoms with van der Waals surface area (Å²) in [7, 11) is 0. The summed E-state index contributed by atoms with van der Waals surface area (Å²) in [5, 5.41) is 7.79. The van der Waals surface area contributed by atoms with Crippen molar-refractivity contribution in [3.05, 3.63) is 35.2 Å². The molecule has 0 aliphatic carbocycles. The van der Waals surface area contributed by atoms with Gasteiger partial charge in [-0.05, 0) is 18.2 Å². The van der Waals surface area contributed by atoms with E-state index < -0.39 is 5.91 Å². The molecule has 0 bridgehead atoms. The zero-order valence-electron chi connectivity index (χ0n) is 7.98. The SMILES string of the molecule is NNC(=O)c1nnc(-c2cccc(Cl)c2)o1. The number of nitrogens with zero attached hydrogens (tertiary/aromatic N) is 2. The van der Waals surface area contributed by atoms with E-state index in [0.717, 1.165) is 0 Å². The number of nitrogen functional groups attached to an aromatic ring is 1. The number of hydrogen-bond acceptors (Lipinski definition) is 5. The Hall–Kier alpha value is -1.92. The van der Waals surface area contributed by atoms with Gasteiger partial charge >= 0.3 is 11.8 Å². The Kier molecular flexibility index (Phi) is 2.84. The number of carbonyl (C=O) groups excluding carboxylic acids is 1. The van der Waals surface area contributed by atoms with Crippen LogP contribution in [0.3, 0.4) is 0 Å². The first kappa shape index (κ1) is 10.6. The summed E-state index contributed by atoms with van der Waals surface area (Å²) < 4.78 is 5.10. The largest absolute Gasteiger partial charge is 0.412 e. The van der Waals surface area contributed by atoms with Crippen molar-refractivity contribution in [2.24, 2.45) is 5.84 Å². The van der Waals surface area contributed by atoms with Crippen molar-refractivity contribution < 1.29 is 9.21 Å². The molecule has 0 radical (unpaired) electrons. The highest BCUT2D eigenvalue weighted by atomic mass is 35.5. The summed E-state index contributed by atoms with van der Waals surface area (Å²) in [6.07, 6.45) is 0. The number of rotatable bonds is 2. The Bertz CT molecular complexity index is 526. The minimum Gasteiger partial charge on any atom is -0.412 e. The molecule has 1 aromatic carbocycles. The zero-order valence-corrected chi connectivity index (χ0v) is 8.73. The van der Waals surface area contributed by atoms with Gasteiger partial charge in [0, 0.05) is 10.6 Å². The number of nitrogens with two attached hydrogens (primary N) is 1. The van der Waals surface area contributed by atoms with Crippen molar-refractivity contribution >= 4 is 17.5 Å². The van der Waals surface area contributed by atoms with E-state index in [-0.39, 0.29) is 11.8 Å². The molecule has 0 fully saturated rings. The summed E-state index contributed by atoms with van der Waals surface area (Å²) in [6.45, 7) is 0. The van der Waals surface area contributed by atoms with Gasteiger partial charge in [-0.3, -0.25) is 10.2 Å². The molecule has 0 atom stereocenters. The molecule has 0 aliphatic heterocycles. The molecule has 1 heterocycles. The quantitative estimate of drug-likeness (QED) is 0.462. The monoisotopic (exact) mass is 238 g/mol. The fourth-order valence-electron chi connectivity index (χ4n) is 1.11. The number of aromatic nitrogens is 2. The van der Waals surface area contributed by atoms with Crippen LogP contribution in [0.4, 0.5) is 0 Å².